The van der Waals surface area contributed by atoms with Gasteiger partial charge in [-0.05, 0) is 44.5 Å². The third-order valence-corrected chi connectivity index (χ3v) is 5.62. The van der Waals surface area contributed by atoms with Gasteiger partial charge in [-0.2, -0.15) is 0 Å². The van der Waals surface area contributed by atoms with Crippen molar-refractivity contribution in [2.45, 2.75) is 32.9 Å². The SMILES string of the molecule is Cc1ccc(C(=O)N[C@@H]2C(=O)N/[N+](=C\c3ccccc3C)[C@@H]2c2ccc(C)cc2)cc1. The second-order valence-corrected chi connectivity index (χ2v) is 8.04. The second kappa shape index (κ2) is 8.56. The highest BCUT2D eigenvalue weighted by atomic mass is 16.2. The summed E-state index contributed by atoms with van der Waals surface area (Å²) in [4.78, 5) is 25.8. The summed E-state index contributed by atoms with van der Waals surface area (Å²) in [5.74, 6) is -0.508. The Balaban J connectivity index is 1.71. The molecular formula is C26H26N3O2+. The Labute approximate surface area is 182 Å². The normalized spacial score (nSPS) is 19.3. The van der Waals surface area contributed by atoms with E-state index in [1.54, 1.807) is 16.8 Å². The molecule has 31 heavy (non-hydrogen) atoms. The number of nitrogens with zero attached hydrogens (tertiary/aromatic N) is 1. The molecule has 5 heteroatoms. The van der Waals surface area contributed by atoms with Crippen LogP contribution in [-0.2, 0) is 4.79 Å². The van der Waals surface area contributed by atoms with Gasteiger partial charge in [-0.25, -0.2) is 0 Å². The Morgan fingerprint density at radius 1 is 0.903 bits per heavy atom. The van der Waals surface area contributed by atoms with Crippen molar-refractivity contribution in [1.82, 2.24) is 10.7 Å². The van der Waals surface area contributed by atoms with E-state index in [1.807, 2.05) is 87.6 Å². The molecule has 0 radical (unpaired) electrons. The largest absolute Gasteiger partial charge is 0.334 e. The van der Waals surface area contributed by atoms with Crippen molar-refractivity contribution in [3.05, 3.63) is 106 Å². The van der Waals surface area contributed by atoms with Crippen LogP contribution in [-0.4, -0.2) is 28.8 Å². The number of hydrogen-bond acceptors (Lipinski definition) is 2. The Bertz CT molecular complexity index is 1150. The van der Waals surface area contributed by atoms with E-state index in [9.17, 15) is 9.59 Å². The number of hydrazone groups is 1. The minimum atomic E-state index is -0.725. The Kier molecular flexibility index (Phi) is 5.67. The van der Waals surface area contributed by atoms with Gasteiger partial charge in [0.05, 0.1) is 0 Å². The van der Waals surface area contributed by atoms with Crippen LogP contribution in [0.15, 0.2) is 72.8 Å². The third kappa shape index (κ3) is 4.40. The van der Waals surface area contributed by atoms with Gasteiger partial charge in [0.2, 0.25) is 12.3 Å². The zero-order valence-electron chi connectivity index (χ0n) is 17.9. The van der Waals surface area contributed by atoms with Crippen LogP contribution >= 0.6 is 0 Å². The number of carbonyl (C=O) groups is 2. The fourth-order valence-electron chi connectivity index (χ4n) is 3.76. The number of aryl methyl sites for hydroxylation is 3. The zero-order chi connectivity index (χ0) is 22.0. The molecule has 2 atom stereocenters. The standard InChI is InChI=1S/C26H25N3O2/c1-17-8-12-20(13-9-17)24-23(27-25(30)21-14-10-18(2)11-15-21)26(31)28-29(24)16-22-7-5-4-6-19(22)3/h4-16,23-24H,1-3H3,(H-,27,28,30,31)/p+1/b29-16-/t23-,24+/m0/s1. The monoisotopic (exact) mass is 412 g/mol. The summed E-state index contributed by atoms with van der Waals surface area (Å²) in [6.45, 7) is 6.02. The van der Waals surface area contributed by atoms with Crippen molar-refractivity contribution in [3.63, 3.8) is 0 Å². The molecule has 2 N–H and O–H groups in total. The molecule has 0 unspecified atom stereocenters. The van der Waals surface area contributed by atoms with E-state index in [0.29, 0.717) is 5.56 Å². The lowest BCUT2D eigenvalue weighted by Crippen LogP contribution is -2.42. The van der Waals surface area contributed by atoms with Crippen LogP contribution in [0.25, 0.3) is 0 Å². The summed E-state index contributed by atoms with van der Waals surface area (Å²) in [7, 11) is 0. The van der Waals surface area contributed by atoms with Gasteiger partial charge in [0.1, 0.15) is 0 Å². The van der Waals surface area contributed by atoms with Gasteiger partial charge in [-0.3, -0.25) is 9.59 Å². The number of carbonyl (C=O) groups excluding carboxylic acids is 2. The first-order valence-corrected chi connectivity index (χ1v) is 10.4. The molecule has 1 aliphatic rings. The molecular weight excluding hydrogens is 386 g/mol. The van der Waals surface area contributed by atoms with Gasteiger partial charge >= 0.3 is 5.91 Å². The Morgan fingerprint density at radius 3 is 2.16 bits per heavy atom. The molecule has 2 amide bonds. The maximum absolute atomic E-state index is 12.9. The van der Waals surface area contributed by atoms with E-state index in [-0.39, 0.29) is 17.9 Å². The lowest BCUT2D eigenvalue weighted by molar-refractivity contribution is -0.596. The molecule has 0 aliphatic carbocycles. The quantitative estimate of drug-likeness (QED) is 0.643. The summed E-state index contributed by atoms with van der Waals surface area (Å²) >= 11 is 0. The fraction of sp³-hybridized carbons (Fsp3) is 0.192. The number of benzene rings is 3. The maximum atomic E-state index is 12.9. The number of nitrogens with one attached hydrogen (secondary N) is 2. The van der Waals surface area contributed by atoms with E-state index in [2.05, 4.69) is 10.7 Å². The topological polar surface area (TPSA) is 61.2 Å². The van der Waals surface area contributed by atoms with Gasteiger partial charge < -0.3 is 5.32 Å². The van der Waals surface area contributed by atoms with Crippen molar-refractivity contribution >= 4 is 18.0 Å². The first-order valence-electron chi connectivity index (χ1n) is 10.4. The molecule has 1 heterocycles. The molecule has 5 nitrogen and oxygen atoms in total. The average Bonchev–Trinajstić information content (AvgIpc) is 3.05. The van der Waals surface area contributed by atoms with E-state index in [4.69, 9.17) is 0 Å². The van der Waals surface area contributed by atoms with Crippen LogP contribution in [0.3, 0.4) is 0 Å². The molecule has 3 aromatic rings. The first kappa shape index (κ1) is 20.5. The van der Waals surface area contributed by atoms with E-state index in [0.717, 1.165) is 27.8 Å². The van der Waals surface area contributed by atoms with Crippen molar-refractivity contribution < 1.29 is 14.3 Å². The molecule has 0 bridgehead atoms. The first-order chi connectivity index (χ1) is 14.9. The highest BCUT2D eigenvalue weighted by Gasteiger charge is 2.47. The predicted molar refractivity (Wildman–Crippen MR) is 121 cm³/mol. The summed E-state index contributed by atoms with van der Waals surface area (Å²) in [6.07, 6.45) is 1.93. The number of rotatable bonds is 4. The van der Waals surface area contributed by atoms with Gasteiger partial charge in [0.25, 0.3) is 5.91 Å². The molecule has 1 fully saturated rings. The summed E-state index contributed by atoms with van der Waals surface area (Å²) in [6, 6.07) is 22.3. The van der Waals surface area contributed by atoms with Crippen molar-refractivity contribution in [2.75, 3.05) is 0 Å². The zero-order valence-corrected chi connectivity index (χ0v) is 17.9. The van der Waals surface area contributed by atoms with Gasteiger partial charge in [0.15, 0.2) is 6.04 Å². The second-order valence-electron chi connectivity index (χ2n) is 8.04. The van der Waals surface area contributed by atoms with Crippen LogP contribution in [0.2, 0.25) is 0 Å². The highest BCUT2D eigenvalue weighted by molar-refractivity contribution is 5.98. The van der Waals surface area contributed by atoms with Crippen molar-refractivity contribution in [3.8, 4) is 0 Å². The molecule has 156 valence electrons. The molecule has 0 saturated carbocycles. The average molecular weight is 413 g/mol. The maximum Gasteiger partial charge on any atom is 0.304 e. The van der Waals surface area contributed by atoms with E-state index in [1.165, 1.54) is 0 Å². The Hall–Kier alpha value is -3.73. The lowest BCUT2D eigenvalue weighted by Gasteiger charge is -2.15. The van der Waals surface area contributed by atoms with Crippen LogP contribution in [0.5, 0.6) is 0 Å². The van der Waals surface area contributed by atoms with E-state index < -0.39 is 6.04 Å². The van der Waals surface area contributed by atoms with E-state index >= 15 is 0 Å². The molecule has 0 aromatic heterocycles. The minimum absolute atomic E-state index is 0.240. The van der Waals surface area contributed by atoms with Crippen LogP contribution in [0.1, 0.15) is 44.2 Å². The van der Waals surface area contributed by atoms with Gasteiger partial charge in [-0.15, -0.1) is 10.1 Å². The summed E-state index contributed by atoms with van der Waals surface area (Å²) in [5, 5.41) is 2.95. The minimum Gasteiger partial charge on any atom is -0.334 e. The molecule has 1 saturated heterocycles. The molecule has 4 rings (SSSR count). The lowest BCUT2D eigenvalue weighted by atomic mass is 9.98. The molecule has 1 aliphatic heterocycles. The number of amides is 2. The number of hydrazine groups is 1. The third-order valence-electron chi connectivity index (χ3n) is 5.62. The van der Waals surface area contributed by atoms with Gasteiger partial charge in [-0.1, -0.05) is 65.7 Å². The van der Waals surface area contributed by atoms with Crippen LogP contribution < -0.4 is 10.7 Å². The van der Waals surface area contributed by atoms with Gasteiger partial charge in [0, 0.05) is 16.7 Å². The van der Waals surface area contributed by atoms with Crippen molar-refractivity contribution in [1.29, 1.82) is 0 Å². The smallest absolute Gasteiger partial charge is 0.304 e. The Morgan fingerprint density at radius 2 is 1.52 bits per heavy atom. The summed E-state index contributed by atoms with van der Waals surface area (Å²) in [5.41, 5.74) is 8.73. The molecule has 0 spiro atoms. The fourth-order valence-corrected chi connectivity index (χ4v) is 3.76. The predicted octanol–water partition coefficient (Wildman–Crippen LogP) is 3.63. The van der Waals surface area contributed by atoms with Crippen LogP contribution in [0, 0.1) is 20.8 Å². The van der Waals surface area contributed by atoms with Crippen LogP contribution in [0.4, 0.5) is 0 Å². The highest BCUT2D eigenvalue weighted by Crippen LogP contribution is 2.26. The number of hydrogen-bond donors (Lipinski definition) is 2. The molecule has 3 aromatic carbocycles. The summed E-state index contributed by atoms with van der Waals surface area (Å²) < 4.78 is 1.80. The van der Waals surface area contributed by atoms with Crippen molar-refractivity contribution in [2.24, 2.45) is 0 Å².